The number of hydrogen-bond acceptors (Lipinski definition) is 3. The molecule has 0 spiro atoms. The molecule has 0 saturated heterocycles. The van der Waals surface area contributed by atoms with E-state index in [1.54, 1.807) is 6.26 Å². The molecule has 84 valence electrons. The largest absolute Gasteiger partial charge is 0.303 e. The van der Waals surface area contributed by atoms with Crippen molar-refractivity contribution in [2.75, 3.05) is 6.26 Å². The van der Waals surface area contributed by atoms with Gasteiger partial charge in [-0.3, -0.25) is 9.31 Å². The Labute approximate surface area is 96.5 Å². The highest BCUT2D eigenvalue weighted by molar-refractivity contribution is 7.84. The lowest BCUT2D eigenvalue weighted by Gasteiger charge is -2.10. The second-order valence-corrected chi connectivity index (χ2v) is 6.27. The molecule has 6 heteroatoms. The first-order valence-electron chi connectivity index (χ1n) is 5.07. The Hall–Kier alpha value is -0.490. The Kier molecular flexibility index (Phi) is 3.06. The van der Waals surface area contributed by atoms with Gasteiger partial charge in [-0.1, -0.05) is 0 Å². The summed E-state index contributed by atoms with van der Waals surface area (Å²) in [5, 5.41) is 7.17. The maximum absolute atomic E-state index is 11.3. The molecule has 1 heterocycles. The lowest BCUT2D eigenvalue weighted by molar-refractivity contribution is 0.618. The van der Waals surface area contributed by atoms with Crippen LogP contribution in [0.5, 0.6) is 0 Å². The molecular formula is C9H15N3OS2. The van der Waals surface area contributed by atoms with Crippen molar-refractivity contribution in [1.82, 2.24) is 14.8 Å². The third kappa shape index (κ3) is 2.36. The second kappa shape index (κ2) is 4.17. The third-order valence-electron chi connectivity index (χ3n) is 2.74. The molecule has 0 aliphatic heterocycles. The van der Waals surface area contributed by atoms with Gasteiger partial charge in [0.2, 0.25) is 0 Å². The minimum atomic E-state index is -0.813. The zero-order chi connectivity index (χ0) is 11.0. The van der Waals surface area contributed by atoms with Gasteiger partial charge >= 0.3 is 0 Å². The highest BCUT2D eigenvalue weighted by Gasteiger charge is 2.29. The van der Waals surface area contributed by atoms with Crippen LogP contribution in [-0.4, -0.2) is 30.5 Å². The van der Waals surface area contributed by atoms with Crippen LogP contribution < -0.4 is 0 Å². The molecule has 2 unspecified atom stereocenters. The molecule has 0 aromatic carbocycles. The van der Waals surface area contributed by atoms with Gasteiger partial charge in [0.05, 0.1) is 0 Å². The molecule has 1 aromatic rings. The lowest BCUT2D eigenvalue weighted by atomic mass is 10.4. The molecule has 1 aromatic heterocycles. The monoisotopic (exact) mass is 245 g/mol. The van der Waals surface area contributed by atoms with E-state index in [4.69, 9.17) is 12.2 Å². The van der Waals surface area contributed by atoms with Crippen LogP contribution in [0.4, 0.5) is 0 Å². The summed E-state index contributed by atoms with van der Waals surface area (Å²) in [6, 6.07) is 0. The first-order valence-corrected chi connectivity index (χ1v) is 7.10. The zero-order valence-corrected chi connectivity index (χ0v) is 10.5. The van der Waals surface area contributed by atoms with E-state index < -0.39 is 10.8 Å². The molecule has 0 bridgehead atoms. The number of aromatic amines is 1. The molecule has 2 rings (SSSR count). The number of aromatic nitrogens is 3. The van der Waals surface area contributed by atoms with E-state index in [-0.39, 0.29) is 5.25 Å². The average Bonchev–Trinajstić information content (AvgIpc) is 2.95. The van der Waals surface area contributed by atoms with Crippen LogP contribution in [0.25, 0.3) is 0 Å². The summed E-state index contributed by atoms with van der Waals surface area (Å²) < 4.78 is 14.0. The fourth-order valence-electron chi connectivity index (χ4n) is 1.52. The predicted octanol–water partition coefficient (Wildman–Crippen LogP) is 1.59. The van der Waals surface area contributed by atoms with E-state index in [0.717, 1.165) is 5.82 Å². The van der Waals surface area contributed by atoms with E-state index in [1.165, 1.54) is 12.8 Å². The molecule has 0 radical (unpaired) electrons. The second-order valence-electron chi connectivity index (χ2n) is 4.08. The molecule has 1 aliphatic rings. The molecule has 1 saturated carbocycles. The Morgan fingerprint density at radius 3 is 2.93 bits per heavy atom. The molecule has 4 nitrogen and oxygen atoms in total. The number of rotatable bonds is 4. The summed E-state index contributed by atoms with van der Waals surface area (Å²) in [7, 11) is -0.813. The van der Waals surface area contributed by atoms with Crippen molar-refractivity contribution >= 4 is 23.0 Å². The van der Waals surface area contributed by atoms with Crippen molar-refractivity contribution in [3.8, 4) is 0 Å². The maximum Gasteiger partial charge on any atom is 0.195 e. The van der Waals surface area contributed by atoms with Crippen LogP contribution in [0.15, 0.2) is 0 Å². The summed E-state index contributed by atoms with van der Waals surface area (Å²) in [4.78, 5) is 0. The standard InChI is InChI=1S/C9H15N3OS2/c1-6(15(2)13)5-12-8(7-3-4-7)10-11-9(12)14/h6-7H,3-5H2,1-2H3,(H,11,14). The fraction of sp³-hybridized carbons (Fsp3) is 0.778. The smallest absolute Gasteiger partial charge is 0.195 e. The summed E-state index contributed by atoms with van der Waals surface area (Å²) in [6.07, 6.45) is 4.12. The van der Waals surface area contributed by atoms with Gasteiger partial charge in [-0.2, -0.15) is 5.10 Å². The van der Waals surface area contributed by atoms with Gasteiger partial charge < -0.3 is 4.57 Å². The van der Waals surface area contributed by atoms with E-state index in [1.807, 2.05) is 11.5 Å². The van der Waals surface area contributed by atoms with Crippen molar-refractivity contribution in [1.29, 1.82) is 0 Å². The molecule has 1 N–H and O–H groups in total. The van der Waals surface area contributed by atoms with Crippen molar-refractivity contribution < 1.29 is 4.21 Å². The Bertz CT molecular complexity index is 433. The van der Waals surface area contributed by atoms with E-state index in [9.17, 15) is 4.21 Å². The number of nitrogens with zero attached hydrogens (tertiary/aromatic N) is 2. The molecule has 2 atom stereocenters. The fourth-order valence-corrected chi connectivity index (χ4v) is 2.09. The van der Waals surface area contributed by atoms with Crippen LogP contribution >= 0.6 is 12.2 Å². The zero-order valence-electron chi connectivity index (χ0n) is 8.90. The minimum Gasteiger partial charge on any atom is -0.303 e. The van der Waals surface area contributed by atoms with Gasteiger partial charge in [0.15, 0.2) is 4.77 Å². The van der Waals surface area contributed by atoms with E-state index >= 15 is 0 Å². The van der Waals surface area contributed by atoms with Gasteiger partial charge in [0.25, 0.3) is 0 Å². The first-order chi connectivity index (χ1) is 7.09. The minimum absolute atomic E-state index is 0.117. The number of hydrogen-bond donors (Lipinski definition) is 1. The Balaban J connectivity index is 2.22. The van der Waals surface area contributed by atoms with Gasteiger partial charge in [-0.05, 0) is 32.0 Å². The van der Waals surface area contributed by atoms with Crippen LogP contribution in [0.1, 0.15) is 31.5 Å². The van der Waals surface area contributed by atoms with Gasteiger partial charge in [0.1, 0.15) is 5.82 Å². The molecule has 1 aliphatic carbocycles. The van der Waals surface area contributed by atoms with Gasteiger partial charge in [-0.25, -0.2) is 0 Å². The topological polar surface area (TPSA) is 50.7 Å². The average molecular weight is 245 g/mol. The van der Waals surface area contributed by atoms with Crippen LogP contribution in [0, 0.1) is 4.77 Å². The summed E-state index contributed by atoms with van der Waals surface area (Å²) >= 11 is 5.17. The summed E-state index contributed by atoms with van der Waals surface area (Å²) in [5.41, 5.74) is 0. The van der Waals surface area contributed by atoms with Gasteiger partial charge in [-0.15, -0.1) is 0 Å². The van der Waals surface area contributed by atoms with Crippen molar-refractivity contribution in [3.05, 3.63) is 10.6 Å². The van der Waals surface area contributed by atoms with E-state index in [2.05, 4.69) is 10.2 Å². The van der Waals surface area contributed by atoms with Crippen molar-refractivity contribution in [2.45, 2.75) is 37.5 Å². The number of nitrogens with one attached hydrogen (secondary N) is 1. The lowest BCUT2D eigenvalue weighted by Crippen LogP contribution is -2.19. The summed E-state index contributed by atoms with van der Waals surface area (Å²) in [6.45, 7) is 2.67. The highest BCUT2D eigenvalue weighted by Crippen LogP contribution is 2.38. The Morgan fingerprint density at radius 2 is 2.40 bits per heavy atom. The van der Waals surface area contributed by atoms with Crippen LogP contribution in [0.3, 0.4) is 0 Å². The maximum atomic E-state index is 11.3. The third-order valence-corrected chi connectivity index (χ3v) is 4.33. The quantitative estimate of drug-likeness (QED) is 0.820. The molecule has 0 amide bonds. The van der Waals surface area contributed by atoms with E-state index in [0.29, 0.717) is 17.2 Å². The van der Waals surface area contributed by atoms with Crippen LogP contribution in [0.2, 0.25) is 0 Å². The number of H-pyrrole nitrogens is 1. The Morgan fingerprint density at radius 1 is 1.73 bits per heavy atom. The van der Waals surface area contributed by atoms with Gasteiger partial charge in [0, 0.05) is 34.8 Å². The molecule has 15 heavy (non-hydrogen) atoms. The summed E-state index contributed by atoms with van der Waals surface area (Å²) in [5.74, 6) is 1.60. The molecular weight excluding hydrogens is 230 g/mol. The van der Waals surface area contributed by atoms with Crippen LogP contribution in [-0.2, 0) is 17.3 Å². The molecule has 1 fully saturated rings. The predicted molar refractivity (Wildman–Crippen MR) is 62.9 cm³/mol. The van der Waals surface area contributed by atoms with Crippen molar-refractivity contribution in [3.63, 3.8) is 0 Å². The highest BCUT2D eigenvalue weighted by atomic mass is 32.2. The van der Waals surface area contributed by atoms with Crippen molar-refractivity contribution in [2.24, 2.45) is 0 Å². The SMILES string of the molecule is CC(Cn1c(C2CC2)n[nH]c1=S)S(C)=O. The normalized spacial score (nSPS) is 20.1. The first kappa shape index (κ1) is 11.0.